The topological polar surface area (TPSA) is 81.7 Å². The van der Waals surface area contributed by atoms with Crippen LogP contribution in [0.4, 0.5) is 4.79 Å². The molecule has 0 aromatic carbocycles. The van der Waals surface area contributed by atoms with Crippen molar-refractivity contribution in [1.82, 2.24) is 4.72 Å². The van der Waals surface area contributed by atoms with E-state index in [9.17, 15) is 13.2 Å². The third-order valence-electron chi connectivity index (χ3n) is 0.870. The van der Waals surface area contributed by atoms with Gasteiger partial charge in [0.2, 0.25) is 0 Å². The lowest BCUT2D eigenvalue weighted by atomic mass is 10.7. The molecule has 78 valence electrons. The number of hydrogen-bond donors (Lipinski definition) is 1. The van der Waals surface area contributed by atoms with Crippen LogP contribution in [0.25, 0.3) is 0 Å². The molecule has 0 atom stereocenters. The predicted molar refractivity (Wildman–Crippen MR) is 45.7 cm³/mol. The molecule has 0 unspecified atom stereocenters. The smallest absolute Gasteiger partial charge is 0.421 e. The van der Waals surface area contributed by atoms with Gasteiger partial charge in [-0.05, 0) is 6.92 Å². The maximum atomic E-state index is 10.6. The van der Waals surface area contributed by atoms with Crippen LogP contribution in [0.3, 0.4) is 0 Å². The highest BCUT2D eigenvalue weighted by Gasteiger charge is 2.10. The zero-order valence-corrected chi connectivity index (χ0v) is 8.52. The highest BCUT2D eigenvalue weighted by atomic mass is 35.7. The summed E-state index contributed by atoms with van der Waals surface area (Å²) in [6.07, 6.45) is -1.12. The Labute approximate surface area is 80.7 Å². The van der Waals surface area contributed by atoms with Crippen molar-refractivity contribution in [3.8, 4) is 0 Å². The molecular weight excluding hydrogens is 222 g/mol. The molecule has 0 spiro atoms. The van der Waals surface area contributed by atoms with Crippen molar-refractivity contribution in [3.63, 3.8) is 0 Å². The fourth-order valence-corrected chi connectivity index (χ4v) is 0.914. The Bertz CT molecular complexity index is 252. The van der Waals surface area contributed by atoms with Gasteiger partial charge in [-0.25, -0.2) is 9.52 Å². The molecule has 0 saturated heterocycles. The van der Waals surface area contributed by atoms with E-state index in [1.165, 1.54) is 4.72 Å². The highest BCUT2D eigenvalue weighted by molar-refractivity contribution is 8.12. The van der Waals surface area contributed by atoms with E-state index in [4.69, 9.17) is 15.4 Å². The van der Waals surface area contributed by atoms with Crippen molar-refractivity contribution in [2.24, 2.45) is 0 Å². The van der Waals surface area contributed by atoms with Gasteiger partial charge in [-0.1, -0.05) is 0 Å². The van der Waals surface area contributed by atoms with Gasteiger partial charge in [0.1, 0.15) is 6.61 Å². The number of amides is 1. The fraction of sp³-hybridized carbons (Fsp3) is 0.800. The average molecular weight is 232 g/mol. The third kappa shape index (κ3) is 9.38. The first-order chi connectivity index (χ1) is 5.95. The number of ether oxygens (including phenoxy) is 2. The minimum atomic E-state index is -4.06. The summed E-state index contributed by atoms with van der Waals surface area (Å²) in [5, 5.41) is 0. The summed E-state index contributed by atoms with van der Waals surface area (Å²) in [6, 6.07) is 0. The van der Waals surface area contributed by atoms with Crippen LogP contribution in [0.5, 0.6) is 0 Å². The van der Waals surface area contributed by atoms with Crippen molar-refractivity contribution in [3.05, 3.63) is 0 Å². The zero-order valence-electron chi connectivity index (χ0n) is 6.95. The molecule has 0 aliphatic rings. The Morgan fingerprint density at radius 2 is 2.08 bits per heavy atom. The second-order valence-corrected chi connectivity index (χ2v) is 4.17. The summed E-state index contributed by atoms with van der Waals surface area (Å²) in [7, 11) is 0.638. The molecule has 8 heteroatoms. The number of halogens is 1. The summed E-state index contributed by atoms with van der Waals surface area (Å²) in [5.41, 5.74) is 0. The molecule has 0 fully saturated rings. The molecule has 6 nitrogen and oxygen atoms in total. The monoisotopic (exact) mass is 231 g/mol. The van der Waals surface area contributed by atoms with E-state index in [1.807, 2.05) is 0 Å². The molecule has 0 aliphatic carbocycles. The first kappa shape index (κ1) is 12.5. The van der Waals surface area contributed by atoms with E-state index in [1.54, 1.807) is 6.92 Å². The third-order valence-corrected chi connectivity index (χ3v) is 1.51. The Kier molecular flexibility index (Phi) is 5.76. The van der Waals surface area contributed by atoms with Crippen LogP contribution in [-0.4, -0.2) is 34.3 Å². The van der Waals surface area contributed by atoms with Crippen LogP contribution >= 0.6 is 10.7 Å². The van der Waals surface area contributed by atoms with Gasteiger partial charge in [-0.3, -0.25) is 0 Å². The molecule has 0 aliphatic heterocycles. The maximum absolute atomic E-state index is 10.6. The maximum Gasteiger partial charge on any atom is 0.421 e. The standard InChI is InChI=1S/C5H10ClNO5S/c1-2-11-3-4-12-5(8)7-13(6,9)10/h2-4H2,1H3,(H,7,8). The molecular formula is C5H10ClNO5S. The van der Waals surface area contributed by atoms with Crippen LogP contribution in [0.15, 0.2) is 0 Å². The summed E-state index contributed by atoms with van der Waals surface area (Å²) in [5.74, 6) is 0. The second-order valence-electron chi connectivity index (χ2n) is 1.87. The van der Waals surface area contributed by atoms with Crippen LogP contribution in [0.2, 0.25) is 0 Å². The molecule has 0 radical (unpaired) electrons. The van der Waals surface area contributed by atoms with Gasteiger partial charge in [-0.2, -0.15) is 8.42 Å². The predicted octanol–water partition coefficient (Wildman–Crippen LogP) is 0.233. The fourth-order valence-electron chi connectivity index (χ4n) is 0.467. The number of nitrogens with one attached hydrogen (secondary N) is 1. The summed E-state index contributed by atoms with van der Waals surface area (Å²) in [6.45, 7) is 2.47. The quantitative estimate of drug-likeness (QED) is 0.541. The minimum Gasteiger partial charge on any atom is -0.446 e. The first-order valence-electron chi connectivity index (χ1n) is 3.42. The van der Waals surface area contributed by atoms with Gasteiger partial charge in [-0.15, -0.1) is 0 Å². The van der Waals surface area contributed by atoms with Gasteiger partial charge >= 0.3 is 15.3 Å². The van der Waals surface area contributed by atoms with E-state index >= 15 is 0 Å². The normalized spacial score (nSPS) is 10.9. The molecule has 1 amide bonds. The Balaban J connectivity index is 3.53. The van der Waals surface area contributed by atoms with Gasteiger partial charge < -0.3 is 9.47 Å². The number of carbonyl (C=O) groups excluding carboxylic acids is 1. The molecule has 0 bridgehead atoms. The number of rotatable bonds is 5. The SMILES string of the molecule is CCOCCOC(=O)NS(=O)(=O)Cl. The molecule has 0 heterocycles. The first-order valence-corrected chi connectivity index (χ1v) is 5.73. The highest BCUT2D eigenvalue weighted by Crippen LogP contribution is 1.90. The minimum absolute atomic E-state index is 0.0217. The van der Waals surface area contributed by atoms with Crippen LogP contribution in [0, 0.1) is 0 Å². The molecule has 0 saturated carbocycles. The lowest BCUT2D eigenvalue weighted by molar-refractivity contribution is 0.0814. The summed E-state index contributed by atoms with van der Waals surface area (Å²) in [4.78, 5) is 10.6. The number of hydrogen-bond acceptors (Lipinski definition) is 5. The Hall–Kier alpha value is -0.530. The van der Waals surface area contributed by atoms with E-state index < -0.39 is 15.3 Å². The van der Waals surface area contributed by atoms with E-state index in [2.05, 4.69) is 4.74 Å². The van der Waals surface area contributed by atoms with Gasteiger partial charge in [0.15, 0.2) is 0 Å². The summed E-state index contributed by atoms with van der Waals surface area (Å²) < 4.78 is 31.1. The summed E-state index contributed by atoms with van der Waals surface area (Å²) >= 11 is 0. The zero-order chi connectivity index (χ0) is 10.3. The Morgan fingerprint density at radius 1 is 1.46 bits per heavy atom. The largest absolute Gasteiger partial charge is 0.446 e. The Morgan fingerprint density at radius 3 is 2.54 bits per heavy atom. The van der Waals surface area contributed by atoms with Gasteiger partial charge in [0, 0.05) is 17.3 Å². The molecule has 1 N–H and O–H groups in total. The lowest BCUT2D eigenvalue weighted by Crippen LogP contribution is -2.28. The van der Waals surface area contributed by atoms with E-state index in [0.29, 0.717) is 6.61 Å². The molecule has 0 aromatic rings. The van der Waals surface area contributed by atoms with Crippen molar-refractivity contribution in [2.75, 3.05) is 19.8 Å². The number of carbonyl (C=O) groups is 1. The van der Waals surface area contributed by atoms with Gasteiger partial charge in [0.25, 0.3) is 0 Å². The van der Waals surface area contributed by atoms with Crippen LogP contribution in [-0.2, 0) is 18.7 Å². The van der Waals surface area contributed by atoms with E-state index in [-0.39, 0.29) is 13.2 Å². The van der Waals surface area contributed by atoms with Gasteiger partial charge in [0.05, 0.1) is 6.61 Å². The van der Waals surface area contributed by atoms with E-state index in [0.717, 1.165) is 0 Å². The van der Waals surface area contributed by atoms with Crippen LogP contribution < -0.4 is 4.72 Å². The van der Waals surface area contributed by atoms with Crippen LogP contribution in [0.1, 0.15) is 6.92 Å². The average Bonchev–Trinajstić information content (AvgIpc) is 1.94. The molecule has 0 aromatic heterocycles. The molecule has 13 heavy (non-hydrogen) atoms. The lowest BCUT2D eigenvalue weighted by Gasteiger charge is -2.03. The van der Waals surface area contributed by atoms with Crippen molar-refractivity contribution in [1.29, 1.82) is 0 Å². The second kappa shape index (κ2) is 6.01. The van der Waals surface area contributed by atoms with Crippen molar-refractivity contribution < 1.29 is 22.7 Å². The molecule has 0 rings (SSSR count). The van der Waals surface area contributed by atoms with Crippen molar-refractivity contribution >= 4 is 26.0 Å². The van der Waals surface area contributed by atoms with Crippen molar-refractivity contribution in [2.45, 2.75) is 6.92 Å².